The van der Waals surface area contributed by atoms with Crippen LogP contribution in [-0.4, -0.2) is 86.5 Å². The van der Waals surface area contributed by atoms with E-state index in [1.54, 1.807) is 0 Å². The normalized spacial score (nSPS) is 14.1. The minimum atomic E-state index is -0.672. The highest BCUT2D eigenvalue weighted by Crippen LogP contribution is 2.40. The zero-order chi connectivity index (χ0) is 26.4. The number of aldehydes is 2. The van der Waals surface area contributed by atoms with Gasteiger partial charge >= 0.3 is 0 Å². The van der Waals surface area contributed by atoms with Crippen molar-refractivity contribution in [2.24, 2.45) is 0 Å². The van der Waals surface area contributed by atoms with E-state index in [1.807, 2.05) is 0 Å². The van der Waals surface area contributed by atoms with Crippen LogP contribution in [-0.2, 0) is 6.54 Å². The van der Waals surface area contributed by atoms with E-state index in [9.17, 15) is 24.9 Å². The number of hydrogen-bond donors (Lipinski definition) is 8. The lowest BCUT2D eigenvalue weighted by molar-refractivity contribution is 0.111. The Balaban J connectivity index is 0.000000552. The molecule has 0 aliphatic carbocycles. The summed E-state index contributed by atoms with van der Waals surface area (Å²) in [5.41, 5.74) is 0.402. The van der Waals surface area contributed by atoms with Crippen molar-refractivity contribution in [2.45, 2.75) is 39.7 Å². The third-order valence-corrected chi connectivity index (χ3v) is 5.32. The summed E-state index contributed by atoms with van der Waals surface area (Å²) < 4.78 is 0. The van der Waals surface area contributed by atoms with E-state index in [2.05, 4.69) is 10.2 Å². The van der Waals surface area contributed by atoms with E-state index < -0.39 is 28.7 Å². The van der Waals surface area contributed by atoms with Gasteiger partial charge in [-0.15, -0.1) is 0 Å². The van der Waals surface area contributed by atoms with Crippen molar-refractivity contribution in [3.05, 3.63) is 34.9 Å². The number of nitrogens with zero attached hydrogens (tertiary/aromatic N) is 1. The van der Waals surface area contributed by atoms with Gasteiger partial charge in [-0.25, -0.2) is 0 Å². The fraction of sp³-hybridized carbons (Fsp3) is 0.440. The molecule has 202 valence electrons. The van der Waals surface area contributed by atoms with Crippen LogP contribution in [0.2, 0.25) is 0 Å². The maximum atomic E-state index is 10.7. The molecular formula is C25H38N2O9. The fourth-order valence-electron chi connectivity index (χ4n) is 3.42. The molecule has 2 aliphatic heterocycles. The van der Waals surface area contributed by atoms with Crippen molar-refractivity contribution in [3.8, 4) is 34.5 Å². The smallest absolute Gasteiger partial charge is 0.201 e. The topological polar surface area (TPSA) is 191 Å². The Morgan fingerprint density at radius 3 is 1.75 bits per heavy atom. The minimum absolute atomic E-state index is 0. The molecule has 0 aromatic heterocycles. The minimum Gasteiger partial charge on any atom is -0.504 e. The van der Waals surface area contributed by atoms with Crippen molar-refractivity contribution in [2.75, 3.05) is 33.3 Å². The molecule has 11 heteroatoms. The van der Waals surface area contributed by atoms with Crippen LogP contribution in [0.1, 0.15) is 59.4 Å². The first-order chi connectivity index (χ1) is 16.8. The third-order valence-electron chi connectivity index (χ3n) is 5.32. The van der Waals surface area contributed by atoms with Crippen molar-refractivity contribution in [1.82, 2.24) is 10.2 Å². The van der Waals surface area contributed by atoms with Gasteiger partial charge < -0.3 is 41.1 Å². The Morgan fingerprint density at radius 1 is 0.750 bits per heavy atom. The number of benzene rings is 2. The average Bonchev–Trinajstić information content (AvgIpc) is 3.62. The Bertz CT molecular complexity index is 950. The van der Waals surface area contributed by atoms with Gasteiger partial charge in [0.15, 0.2) is 35.6 Å². The molecule has 2 aromatic rings. The molecule has 8 N–H and O–H groups in total. The standard InChI is InChI=1S/C12H15NO4.C7H6O4.C4H9N.CH4O.CH4/c14-7-9-5-8(6-13-3-1-2-4-13)10(15)12(17)11(9)16;8-3-4-1-2-5(9)7(11)6(4)10;1-2-4-5-3-1;1-2;/h5,7,15-17H,1-4,6H2;1-3,9-11H;5H,1-4H2;2H,1H3;1H4. The molecule has 0 saturated carbocycles. The van der Waals surface area contributed by atoms with E-state index >= 15 is 0 Å². The number of aromatic hydroxyl groups is 6. The first-order valence-corrected chi connectivity index (χ1v) is 11.1. The van der Waals surface area contributed by atoms with Gasteiger partial charge in [0.25, 0.3) is 0 Å². The molecule has 36 heavy (non-hydrogen) atoms. The summed E-state index contributed by atoms with van der Waals surface area (Å²) in [4.78, 5) is 23.0. The van der Waals surface area contributed by atoms with Crippen LogP contribution in [0.4, 0.5) is 0 Å². The van der Waals surface area contributed by atoms with E-state index in [0.717, 1.165) is 39.1 Å². The second-order valence-electron chi connectivity index (χ2n) is 7.72. The Labute approximate surface area is 210 Å². The number of phenols is 6. The predicted molar refractivity (Wildman–Crippen MR) is 135 cm³/mol. The SMILES string of the molecule is C.C1CCNC1.CO.O=Cc1cc(CN2CCCC2)c(O)c(O)c1O.O=Cc1ccc(O)c(O)c1O. The number of carbonyl (C=O) groups is 2. The quantitative estimate of drug-likeness (QED) is 0.223. The molecule has 2 heterocycles. The second kappa shape index (κ2) is 17.0. The predicted octanol–water partition coefficient (Wildman–Crippen LogP) is 2.44. The van der Waals surface area contributed by atoms with Crippen molar-refractivity contribution >= 4 is 12.6 Å². The maximum absolute atomic E-state index is 10.7. The molecule has 0 amide bonds. The molecule has 2 fully saturated rings. The van der Waals surface area contributed by atoms with E-state index in [4.69, 9.17) is 20.4 Å². The number of hydrogen-bond acceptors (Lipinski definition) is 11. The van der Waals surface area contributed by atoms with Crippen LogP contribution >= 0.6 is 0 Å². The zero-order valence-corrected chi connectivity index (χ0v) is 19.6. The molecule has 2 saturated heterocycles. The summed E-state index contributed by atoms with van der Waals surface area (Å²) in [6, 6.07) is 3.74. The Morgan fingerprint density at radius 2 is 1.28 bits per heavy atom. The number of aliphatic hydroxyl groups excluding tert-OH is 1. The van der Waals surface area contributed by atoms with Crippen LogP contribution in [0.15, 0.2) is 18.2 Å². The average molecular weight is 511 g/mol. The summed E-state index contributed by atoms with van der Waals surface area (Å²) in [6.45, 7) is 4.86. The highest BCUT2D eigenvalue weighted by molar-refractivity contribution is 5.83. The molecule has 4 rings (SSSR count). The molecule has 0 unspecified atom stereocenters. The van der Waals surface area contributed by atoms with Gasteiger partial charge in [-0.05, 0) is 70.1 Å². The number of carbonyl (C=O) groups excluding carboxylic acids is 2. The first kappa shape index (κ1) is 32.5. The lowest BCUT2D eigenvalue weighted by atomic mass is 10.1. The Hall–Kier alpha value is -3.54. The van der Waals surface area contributed by atoms with Gasteiger partial charge in [-0.3, -0.25) is 14.5 Å². The molecule has 0 radical (unpaired) electrons. The number of aliphatic hydroxyl groups is 1. The van der Waals surface area contributed by atoms with Gasteiger partial charge in [-0.1, -0.05) is 7.43 Å². The lowest BCUT2D eigenvalue weighted by Crippen LogP contribution is -2.18. The molecule has 0 bridgehead atoms. The molecule has 0 spiro atoms. The molecule has 2 aromatic carbocycles. The molecule has 2 aliphatic rings. The highest BCUT2D eigenvalue weighted by Gasteiger charge is 2.19. The van der Waals surface area contributed by atoms with Crippen LogP contribution in [0.25, 0.3) is 0 Å². The lowest BCUT2D eigenvalue weighted by Gasteiger charge is -2.16. The van der Waals surface area contributed by atoms with Gasteiger partial charge in [0, 0.05) is 19.2 Å². The maximum Gasteiger partial charge on any atom is 0.201 e. The van der Waals surface area contributed by atoms with Crippen LogP contribution in [0, 0.1) is 0 Å². The zero-order valence-electron chi connectivity index (χ0n) is 19.6. The number of rotatable bonds is 4. The summed E-state index contributed by atoms with van der Waals surface area (Å²) >= 11 is 0. The summed E-state index contributed by atoms with van der Waals surface area (Å²) in [6.07, 6.45) is 5.85. The third kappa shape index (κ3) is 9.25. The number of likely N-dealkylation sites (tertiary alicyclic amines) is 1. The van der Waals surface area contributed by atoms with E-state index in [0.29, 0.717) is 24.7 Å². The summed E-state index contributed by atoms with van der Waals surface area (Å²) in [5, 5.41) is 65.4. The van der Waals surface area contributed by atoms with Crippen LogP contribution in [0.5, 0.6) is 34.5 Å². The number of nitrogens with one attached hydrogen (secondary N) is 1. The fourth-order valence-corrected chi connectivity index (χ4v) is 3.42. The summed E-state index contributed by atoms with van der Waals surface area (Å²) in [5.74, 6) is -3.26. The van der Waals surface area contributed by atoms with Gasteiger partial charge in [0.1, 0.15) is 0 Å². The van der Waals surface area contributed by atoms with Crippen molar-refractivity contribution < 1.29 is 45.3 Å². The van der Waals surface area contributed by atoms with Gasteiger partial charge in [-0.2, -0.15) is 0 Å². The van der Waals surface area contributed by atoms with Crippen LogP contribution < -0.4 is 5.32 Å². The van der Waals surface area contributed by atoms with Gasteiger partial charge in [0.05, 0.1) is 11.1 Å². The largest absolute Gasteiger partial charge is 0.504 e. The van der Waals surface area contributed by atoms with E-state index in [1.165, 1.54) is 38.1 Å². The Kier molecular flexibility index (Phi) is 15.3. The monoisotopic (exact) mass is 510 g/mol. The molecule has 0 atom stereocenters. The molecular weight excluding hydrogens is 472 g/mol. The van der Waals surface area contributed by atoms with E-state index in [-0.39, 0.29) is 24.3 Å². The number of phenolic OH excluding ortho intramolecular Hbond substituents is 6. The molecule has 11 nitrogen and oxygen atoms in total. The van der Waals surface area contributed by atoms with Crippen LogP contribution in [0.3, 0.4) is 0 Å². The van der Waals surface area contributed by atoms with Crippen molar-refractivity contribution in [1.29, 1.82) is 0 Å². The summed E-state index contributed by atoms with van der Waals surface area (Å²) in [7, 11) is 1.00. The second-order valence-corrected chi connectivity index (χ2v) is 7.72. The van der Waals surface area contributed by atoms with Crippen molar-refractivity contribution in [3.63, 3.8) is 0 Å². The van der Waals surface area contributed by atoms with Gasteiger partial charge in [0.2, 0.25) is 11.5 Å². The highest BCUT2D eigenvalue weighted by atomic mass is 16.3. The first-order valence-electron chi connectivity index (χ1n) is 11.1.